The van der Waals surface area contributed by atoms with Crippen LogP contribution in [0, 0.1) is 0 Å². The Labute approximate surface area is 129 Å². The fraction of sp³-hybridized carbons (Fsp3) is 0.286. The van der Waals surface area contributed by atoms with Crippen molar-refractivity contribution in [1.29, 1.82) is 0 Å². The molecule has 0 saturated heterocycles. The highest BCUT2D eigenvalue weighted by molar-refractivity contribution is 6.04. The molecule has 3 rings (SSSR count). The summed E-state index contributed by atoms with van der Waals surface area (Å²) in [6, 6.07) is 5.35. The molecular weight excluding hydrogens is 313 g/mol. The molecule has 0 saturated carbocycles. The normalized spacial score (nSPS) is 14.2. The van der Waals surface area contributed by atoms with Crippen molar-refractivity contribution in [3.63, 3.8) is 0 Å². The Balaban J connectivity index is 1.82. The number of H-pyrrole nitrogens is 1. The molecule has 0 bridgehead atoms. The van der Waals surface area contributed by atoms with Crippen LogP contribution in [-0.2, 0) is 13.0 Å². The van der Waals surface area contributed by atoms with Crippen molar-refractivity contribution in [1.82, 2.24) is 15.5 Å². The Morgan fingerprint density at radius 1 is 1.30 bits per heavy atom. The van der Waals surface area contributed by atoms with Gasteiger partial charge in [0.15, 0.2) is 11.4 Å². The number of fused-ring (bicyclic) bond motifs is 1. The van der Waals surface area contributed by atoms with Crippen LogP contribution < -0.4 is 15.4 Å². The fourth-order valence-corrected chi connectivity index (χ4v) is 2.38. The summed E-state index contributed by atoms with van der Waals surface area (Å²) >= 11 is 0. The summed E-state index contributed by atoms with van der Waals surface area (Å²) in [6.45, 7) is 1.26. The van der Waals surface area contributed by atoms with E-state index in [1.807, 2.05) is 0 Å². The molecule has 1 amide bonds. The number of halogens is 3. The van der Waals surface area contributed by atoms with Gasteiger partial charge in [-0.25, -0.2) is 0 Å². The van der Waals surface area contributed by atoms with Gasteiger partial charge in [0.2, 0.25) is 0 Å². The van der Waals surface area contributed by atoms with Gasteiger partial charge in [0.25, 0.3) is 5.91 Å². The number of anilines is 1. The van der Waals surface area contributed by atoms with Crippen LogP contribution in [0.2, 0.25) is 0 Å². The number of rotatable bonds is 3. The standard InChI is InChI=1S/C14H13F3N4O2/c15-14(16,17)23-11-4-2-1-3-10(11)19-13(22)12-8-7-18-6-5-9(8)20-21-12/h1-4,18H,5-7H2,(H,19,22)(H,20,21). The van der Waals surface area contributed by atoms with Gasteiger partial charge in [-0.3, -0.25) is 9.89 Å². The van der Waals surface area contributed by atoms with E-state index in [2.05, 4.69) is 25.6 Å². The van der Waals surface area contributed by atoms with E-state index < -0.39 is 18.0 Å². The number of benzene rings is 1. The van der Waals surface area contributed by atoms with Crippen molar-refractivity contribution in [3.05, 3.63) is 41.2 Å². The molecule has 0 spiro atoms. The minimum Gasteiger partial charge on any atom is -0.404 e. The highest BCUT2D eigenvalue weighted by atomic mass is 19.4. The maximum atomic E-state index is 12.4. The predicted octanol–water partition coefficient (Wildman–Crippen LogP) is 2.21. The quantitative estimate of drug-likeness (QED) is 0.808. The number of nitrogens with one attached hydrogen (secondary N) is 3. The highest BCUT2D eigenvalue weighted by Crippen LogP contribution is 2.30. The topological polar surface area (TPSA) is 79.0 Å². The largest absolute Gasteiger partial charge is 0.573 e. The van der Waals surface area contributed by atoms with Crippen molar-refractivity contribution in [2.45, 2.75) is 19.3 Å². The predicted molar refractivity (Wildman–Crippen MR) is 75.1 cm³/mol. The van der Waals surface area contributed by atoms with Gasteiger partial charge in [0.05, 0.1) is 5.69 Å². The van der Waals surface area contributed by atoms with Crippen molar-refractivity contribution >= 4 is 11.6 Å². The number of aromatic nitrogens is 2. The van der Waals surface area contributed by atoms with Crippen molar-refractivity contribution < 1.29 is 22.7 Å². The Morgan fingerprint density at radius 3 is 2.87 bits per heavy atom. The van der Waals surface area contributed by atoms with Crippen molar-refractivity contribution in [2.75, 3.05) is 11.9 Å². The second-order valence-corrected chi connectivity index (χ2v) is 4.95. The number of carbonyl (C=O) groups excluding carboxylic acids is 1. The second kappa shape index (κ2) is 5.92. The Bertz CT molecular complexity index is 727. The van der Waals surface area contributed by atoms with Gasteiger partial charge in [-0.05, 0) is 12.1 Å². The summed E-state index contributed by atoms with van der Waals surface area (Å²) in [5.74, 6) is -1.07. The summed E-state index contributed by atoms with van der Waals surface area (Å²) in [5, 5.41) is 12.3. The van der Waals surface area contributed by atoms with Crippen molar-refractivity contribution in [3.8, 4) is 5.75 Å². The number of hydrogen-bond donors (Lipinski definition) is 3. The van der Waals surface area contributed by atoms with Crippen LogP contribution in [0.1, 0.15) is 21.7 Å². The molecule has 2 heterocycles. The smallest absolute Gasteiger partial charge is 0.404 e. The summed E-state index contributed by atoms with van der Waals surface area (Å²) < 4.78 is 41.1. The van der Waals surface area contributed by atoms with Gasteiger partial charge in [0, 0.05) is 30.8 Å². The molecule has 122 valence electrons. The highest BCUT2D eigenvalue weighted by Gasteiger charge is 2.32. The first-order valence-electron chi connectivity index (χ1n) is 6.87. The molecule has 3 N–H and O–H groups in total. The second-order valence-electron chi connectivity index (χ2n) is 4.95. The molecule has 0 radical (unpaired) electrons. The van der Waals surface area contributed by atoms with Crippen LogP contribution in [0.5, 0.6) is 5.75 Å². The zero-order valence-electron chi connectivity index (χ0n) is 11.8. The van der Waals surface area contributed by atoms with Gasteiger partial charge < -0.3 is 15.4 Å². The van der Waals surface area contributed by atoms with E-state index in [0.29, 0.717) is 13.0 Å². The van der Waals surface area contributed by atoms with Gasteiger partial charge in [-0.2, -0.15) is 5.10 Å². The molecule has 0 fully saturated rings. The molecular formula is C14H13F3N4O2. The Morgan fingerprint density at radius 2 is 2.09 bits per heavy atom. The first-order chi connectivity index (χ1) is 10.9. The van der Waals surface area contributed by atoms with Crippen LogP contribution in [-0.4, -0.2) is 29.0 Å². The van der Waals surface area contributed by atoms with Crippen LogP contribution in [0.15, 0.2) is 24.3 Å². The number of carbonyl (C=O) groups is 1. The first kappa shape index (κ1) is 15.3. The molecule has 6 nitrogen and oxygen atoms in total. The third kappa shape index (κ3) is 3.45. The Hall–Kier alpha value is -2.55. The van der Waals surface area contributed by atoms with Gasteiger partial charge in [0.1, 0.15) is 0 Å². The van der Waals surface area contributed by atoms with E-state index >= 15 is 0 Å². The fourth-order valence-electron chi connectivity index (χ4n) is 2.38. The van der Waals surface area contributed by atoms with E-state index in [4.69, 9.17) is 0 Å². The van der Waals surface area contributed by atoms with Gasteiger partial charge in [-0.15, -0.1) is 13.2 Å². The first-order valence-corrected chi connectivity index (χ1v) is 6.87. The van der Waals surface area contributed by atoms with Crippen LogP contribution in [0.3, 0.4) is 0 Å². The average Bonchev–Trinajstić information content (AvgIpc) is 2.92. The molecule has 1 aliphatic heterocycles. The summed E-state index contributed by atoms with van der Waals surface area (Å²) in [5.41, 5.74) is 1.67. The van der Waals surface area contributed by atoms with Crippen molar-refractivity contribution in [2.24, 2.45) is 0 Å². The van der Waals surface area contributed by atoms with Gasteiger partial charge in [-0.1, -0.05) is 12.1 Å². The molecule has 23 heavy (non-hydrogen) atoms. The number of nitrogens with zero attached hydrogens (tertiary/aromatic N) is 1. The molecule has 2 aromatic rings. The number of amides is 1. The van der Waals surface area contributed by atoms with Crippen LogP contribution in [0.25, 0.3) is 0 Å². The zero-order valence-corrected chi connectivity index (χ0v) is 11.8. The molecule has 1 aromatic heterocycles. The molecule has 9 heteroatoms. The number of para-hydroxylation sites is 2. The summed E-state index contributed by atoms with van der Waals surface area (Å²) in [7, 11) is 0. The Kier molecular flexibility index (Phi) is 3.95. The number of aromatic amines is 1. The molecule has 1 aromatic carbocycles. The lowest BCUT2D eigenvalue weighted by molar-refractivity contribution is -0.274. The third-order valence-corrected chi connectivity index (χ3v) is 3.38. The number of ether oxygens (including phenoxy) is 1. The van der Waals surface area contributed by atoms with E-state index in [1.165, 1.54) is 18.2 Å². The van der Waals surface area contributed by atoms with Gasteiger partial charge >= 0.3 is 6.36 Å². The SMILES string of the molecule is O=C(Nc1ccccc1OC(F)(F)F)c1n[nH]c2c1CNCC2. The number of hydrogen-bond acceptors (Lipinski definition) is 4. The molecule has 1 aliphatic rings. The molecule has 0 aliphatic carbocycles. The monoisotopic (exact) mass is 326 g/mol. The molecule has 0 unspecified atom stereocenters. The zero-order chi connectivity index (χ0) is 16.4. The molecule has 0 atom stereocenters. The van der Waals surface area contributed by atoms with Crippen LogP contribution >= 0.6 is 0 Å². The van der Waals surface area contributed by atoms with Crippen LogP contribution in [0.4, 0.5) is 18.9 Å². The minimum atomic E-state index is -4.84. The minimum absolute atomic E-state index is 0.0738. The lowest BCUT2D eigenvalue weighted by Crippen LogP contribution is -2.25. The lowest BCUT2D eigenvalue weighted by Gasteiger charge is -2.15. The van der Waals surface area contributed by atoms with E-state index in [9.17, 15) is 18.0 Å². The average molecular weight is 326 g/mol. The van der Waals surface area contributed by atoms with E-state index in [1.54, 1.807) is 0 Å². The lowest BCUT2D eigenvalue weighted by atomic mass is 10.1. The maximum absolute atomic E-state index is 12.4. The maximum Gasteiger partial charge on any atom is 0.573 e. The summed E-state index contributed by atoms with van der Waals surface area (Å²) in [4.78, 5) is 12.3. The van der Waals surface area contributed by atoms with E-state index in [0.717, 1.165) is 23.9 Å². The van der Waals surface area contributed by atoms with E-state index in [-0.39, 0.29) is 11.4 Å². The number of alkyl halides is 3. The summed E-state index contributed by atoms with van der Waals surface area (Å²) in [6.07, 6.45) is -4.13. The third-order valence-electron chi connectivity index (χ3n) is 3.38.